The van der Waals surface area contributed by atoms with E-state index in [1.807, 2.05) is 24.3 Å². The Morgan fingerprint density at radius 1 is 1.40 bits per heavy atom. The van der Waals surface area contributed by atoms with Gasteiger partial charge < -0.3 is 25.2 Å². The number of hydrogen-bond acceptors (Lipinski definition) is 4. The molecule has 0 unspecified atom stereocenters. The molecule has 7 nitrogen and oxygen atoms in total. The Morgan fingerprint density at radius 3 is 2.85 bits per heavy atom. The average Bonchev–Trinajstić information content (AvgIpc) is 2.66. The highest BCUT2D eigenvalue weighted by Crippen LogP contribution is 2.22. The molecule has 0 spiro atoms. The van der Waals surface area contributed by atoms with Crippen molar-refractivity contribution >= 4 is 12.0 Å². The standard InChI is InChI=1S/C13H16N2O5/c16-8-10(12(17)18)14-13(19)15-5-6-20-11-4-2-1-3-9(11)7-15/h1-4,10,16H,5-8H2,(H,14,19)(H,17,18)/t10-/m0/s1. The number of amides is 2. The van der Waals surface area contributed by atoms with Crippen LogP contribution in [0.5, 0.6) is 5.75 Å². The van der Waals surface area contributed by atoms with Gasteiger partial charge in [-0.15, -0.1) is 0 Å². The van der Waals surface area contributed by atoms with E-state index in [2.05, 4.69) is 5.32 Å². The average molecular weight is 280 g/mol. The van der Waals surface area contributed by atoms with Gasteiger partial charge in [0.2, 0.25) is 0 Å². The molecule has 20 heavy (non-hydrogen) atoms. The number of carbonyl (C=O) groups is 2. The third-order valence-electron chi connectivity index (χ3n) is 3.02. The second kappa shape index (κ2) is 6.25. The molecule has 0 aromatic heterocycles. The Morgan fingerprint density at radius 2 is 2.15 bits per heavy atom. The molecule has 1 aromatic carbocycles. The fraction of sp³-hybridized carbons (Fsp3) is 0.385. The van der Waals surface area contributed by atoms with Gasteiger partial charge in [-0.3, -0.25) is 0 Å². The minimum atomic E-state index is -1.30. The number of carboxylic acids is 1. The van der Waals surface area contributed by atoms with Crippen molar-refractivity contribution in [2.45, 2.75) is 12.6 Å². The van der Waals surface area contributed by atoms with Crippen LogP contribution in [-0.4, -0.2) is 52.9 Å². The van der Waals surface area contributed by atoms with Gasteiger partial charge in [-0.05, 0) is 6.07 Å². The second-order valence-corrected chi connectivity index (χ2v) is 4.40. The summed E-state index contributed by atoms with van der Waals surface area (Å²) in [7, 11) is 0. The number of benzene rings is 1. The topological polar surface area (TPSA) is 99.1 Å². The summed E-state index contributed by atoms with van der Waals surface area (Å²) in [6.07, 6.45) is 0. The van der Waals surface area contributed by atoms with E-state index in [9.17, 15) is 9.59 Å². The van der Waals surface area contributed by atoms with Crippen molar-refractivity contribution in [3.05, 3.63) is 29.8 Å². The molecule has 0 aliphatic carbocycles. The van der Waals surface area contributed by atoms with Gasteiger partial charge in [0, 0.05) is 5.56 Å². The molecule has 0 saturated heterocycles. The van der Waals surface area contributed by atoms with Crippen LogP contribution in [0.2, 0.25) is 0 Å². The Kier molecular flexibility index (Phi) is 4.41. The molecule has 2 amide bonds. The van der Waals surface area contributed by atoms with E-state index in [0.29, 0.717) is 19.7 Å². The van der Waals surface area contributed by atoms with Crippen molar-refractivity contribution in [3.63, 3.8) is 0 Å². The van der Waals surface area contributed by atoms with Crippen molar-refractivity contribution in [2.24, 2.45) is 0 Å². The number of para-hydroxylation sites is 1. The van der Waals surface area contributed by atoms with Crippen LogP contribution >= 0.6 is 0 Å². The minimum absolute atomic E-state index is 0.333. The summed E-state index contributed by atoms with van der Waals surface area (Å²) in [4.78, 5) is 24.3. The molecule has 0 bridgehead atoms. The predicted octanol–water partition coefficient (Wildman–Crippen LogP) is 0.0361. The van der Waals surface area contributed by atoms with Crippen molar-refractivity contribution in [2.75, 3.05) is 19.8 Å². The largest absolute Gasteiger partial charge is 0.491 e. The van der Waals surface area contributed by atoms with Gasteiger partial charge in [0.15, 0.2) is 6.04 Å². The van der Waals surface area contributed by atoms with Crippen molar-refractivity contribution in [1.82, 2.24) is 10.2 Å². The Balaban J connectivity index is 2.06. The van der Waals surface area contributed by atoms with Crippen molar-refractivity contribution < 1.29 is 24.5 Å². The molecule has 7 heteroatoms. The normalized spacial score (nSPS) is 15.6. The van der Waals surface area contributed by atoms with Crippen molar-refractivity contribution in [1.29, 1.82) is 0 Å². The summed E-state index contributed by atoms with van der Waals surface area (Å²) < 4.78 is 5.52. The Hall–Kier alpha value is -2.28. The van der Waals surface area contributed by atoms with Gasteiger partial charge in [-0.25, -0.2) is 9.59 Å². The molecule has 1 atom stereocenters. The zero-order valence-electron chi connectivity index (χ0n) is 10.8. The maximum absolute atomic E-state index is 12.0. The van der Waals surface area contributed by atoms with Gasteiger partial charge in [-0.2, -0.15) is 0 Å². The maximum Gasteiger partial charge on any atom is 0.328 e. The number of ether oxygens (including phenoxy) is 1. The van der Waals surface area contributed by atoms with Crippen LogP contribution in [0.25, 0.3) is 0 Å². The Bertz CT molecular complexity index is 505. The minimum Gasteiger partial charge on any atom is -0.491 e. The third-order valence-corrected chi connectivity index (χ3v) is 3.02. The van der Waals surface area contributed by atoms with E-state index in [-0.39, 0.29) is 0 Å². The zero-order valence-corrected chi connectivity index (χ0v) is 10.8. The van der Waals surface area contributed by atoms with Gasteiger partial charge in [0.05, 0.1) is 19.7 Å². The zero-order chi connectivity index (χ0) is 14.5. The lowest BCUT2D eigenvalue weighted by Crippen LogP contribution is -2.49. The summed E-state index contributed by atoms with van der Waals surface area (Å²) >= 11 is 0. The second-order valence-electron chi connectivity index (χ2n) is 4.40. The highest BCUT2D eigenvalue weighted by atomic mass is 16.5. The number of rotatable bonds is 3. The fourth-order valence-corrected chi connectivity index (χ4v) is 1.92. The van der Waals surface area contributed by atoms with Gasteiger partial charge in [0.25, 0.3) is 0 Å². The van der Waals surface area contributed by atoms with E-state index in [1.54, 1.807) is 0 Å². The first-order valence-electron chi connectivity index (χ1n) is 6.21. The number of hydrogen-bond donors (Lipinski definition) is 3. The van der Waals surface area contributed by atoms with Gasteiger partial charge in [-0.1, -0.05) is 18.2 Å². The monoisotopic (exact) mass is 280 g/mol. The number of carboxylic acid groups (broad SMARTS) is 1. The molecule has 1 aliphatic heterocycles. The summed E-state index contributed by atoms with van der Waals surface area (Å²) in [6, 6.07) is 5.53. The number of aliphatic hydroxyl groups is 1. The molecule has 1 aliphatic rings. The summed E-state index contributed by atoms with van der Waals surface area (Å²) in [5.41, 5.74) is 0.857. The highest BCUT2D eigenvalue weighted by molar-refractivity contribution is 5.82. The molecule has 0 saturated carbocycles. The molecule has 0 fully saturated rings. The summed E-state index contributed by atoms with van der Waals surface area (Å²) in [6.45, 7) is 0.362. The molecule has 1 aromatic rings. The van der Waals surface area contributed by atoms with Crippen LogP contribution in [0.3, 0.4) is 0 Å². The Labute approximate surface area is 115 Å². The molecule has 2 rings (SSSR count). The number of carbonyl (C=O) groups excluding carboxylic acids is 1. The smallest absolute Gasteiger partial charge is 0.328 e. The number of nitrogens with zero attached hydrogens (tertiary/aromatic N) is 1. The quantitative estimate of drug-likeness (QED) is 0.726. The van der Waals surface area contributed by atoms with Crippen LogP contribution in [-0.2, 0) is 11.3 Å². The number of urea groups is 1. The predicted molar refractivity (Wildman–Crippen MR) is 69.4 cm³/mol. The lowest BCUT2D eigenvalue weighted by molar-refractivity contribution is -0.140. The lowest BCUT2D eigenvalue weighted by Gasteiger charge is -2.22. The van der Waals surface area contributed by atoms with Gasteiger partial charge in [0.1, 0.15) is 12.4 Å². The van der Waals surface area contributed by atoms with E-state index >= 15 is 0 Å². The lowest BCUT2D eigenvalue weighted by atomic mass is 10.2. The van der Waals surface area contributed by atoms with Crippen LogP contribution in [0.1, 0.15) is 5.56 Å². The van der Waals surface area contributed by atoms with Crippen LogP contribution in [0.4, 0.5) is 4.79 Å². The van der Waals surface area contributed by atoms with E-state index in [4.69, 9.17) is 14.9 Å². The number of aliphatic hydroxyl groups excluding tert-OH is 1. The van der Waals surface area contributed by atoms with Crippen LogP contribution in [0.15, 0.2) is 24.3 Å². The van der Waals surface area contributed by atoms with Crippen LogP contribution < -0.4 is 10.1 Å². The molecular weight excluding hydrogens is 264 g/mol. The SMILES string of the molecule is O=C(O)[C@H](CO)NC(=O)N1CCOc2ccccc2C1. The number of nitrogens with one attached hydrogen (secondary N) is 1. The van der Waals surface area contributed by atoms with E-state index < -0.39 is 24.6 Å². The van der Waals surface area contributed by atoms with E-state index in [0.717, 1.165) is 11.3 Å². The molecule has 3 N–H and O–H groups in total. The molecule has 1 heterocycles. The highest BCUT2D eigenvalue weighted by Gasteiger charge is 2.24. The summed E-state index contributed by atoms with van der Waals surface area (Å²) in [5.74, 6) is -0.549. The molecular formula is C13H16N2O5. The first-order valence-corrected chi connectivity index (χ1v) is 6.21. The van der Waals surface area contributed by atoms with E-state index in [1.165, 1.54) is 4.90 Å². The summed E-state index contributed by atoms with van der Waals surface area (Å²) in [5, 5.41) is 20.0. The van der Waals surface area contributed by atoms with Crippen LogP contribution in [0, 0.1) is 0 Å². The number of aliphatic carboxylic acids is 1. The molecule has 0 radical (unpaired) electrons. The van der Waals surface area contributed by atoms with Crippen molar-refractivity contribution in [3.8, 4) is 5.75 Å². The fourth-order valence-electron chi connectivity index (χ4n) is 1.92. The van der Waals surface area contributed by atoms with Gasteiger partial charge >= 0.3 is 12.0 Å². The maximum atomic E-state index is 12.0. The third kappa shape index (κ3) is 3.18. The molecule has 108 valence electrons. The first-order chi connectivity index (χ1) is 9.61. The first kappa shape index (κ1) is 14.1. The number of fused-ring (bicyclic) bond motifs is 1.